The topological polar surface area (TPSA) is 32.3 Å². The number of nitrogens with one attached hydrogen (secondary N) is 1. The third kappa shape index (κ3) is 3.27. The fourth-order valence-corrected chi connectivity index (χ4v) is 2.14. The zero-order chi connectivity index (χ0) is 12.5. The molecule has 1 saturated carbocycles. The molecule has 1 aliphatic carbocycles. The number of hydrogen-bond acceptors (Lipinski definition) is 2. The van der Waals surface area contributed by atoms with Crippen molar-refractivity contribution in [2.75, 3.05) is 6.54 Å². The molecule has 0 aliphatic heterocycles. The second-order valence-electron chi connectivity index (χ2n) is 5.45. The standard InChI is InChI=1S/C14H20FNO/c1-14(2,11-6-7-11)16-9-13(17)10-4-3-5-12(15)8-10/h3-5,8,11,13,16-17H,6-7,9H2,1-2H3. The molecule has 3 heteroatoms. The maximum absolute atomic E-state index is 13.0. The van der Waals surface area contributed by atoms with E-state index in [2.05, 4.69) is 19.2 Å². The Labute approximate surface area is 102 Å². The maximum Gasteiger partial charge on any atom is 0.123 e. The molecule has 0 bridgehead atoms. The van der Waals surface area contributed by atoms with Crippen LogP contribution < -0.4 is 5.32 Å². The van der Waals surface area contributed by atoms with Crippen LogP contribution >= 0.6 is 0 Å². The molecule has 1 unspecified atom stereocenters. The molecular weight excluding hydrogens is 217 g/mol. The molecule has 0 radical (unpaired) electrons. The molecule has 0 spiro atoms. The van der Waals surface area contributed by atoms with Crippen molar-refractivity contribution in [3.63, 3.8) is 0 Å². The molecule has 0 amide bonds. The van der Waals surface area contributed by atoms with E-state index in [0.717, 1.165) is 0 Å². The van der Waals surface area contributed by atoms with Crippen LogP contribution in [0.2, 0.25) is 0 Å². The normalized spacial score (nSPS) is 18.1. The van der Waals surface area contributed by atoms with Crippen molar-refractivity contribution >= 4 is 0 Å². The SMILES string of the molecule is CC(C)(NCC(O)c1cccc(F)c1)C1CC1. The summed E-state index contributed by atoms with van der Waals surface area (Å²) in [7, 11) is 0. The molecule has 1 aromatic carbocycles. The third-order valence-electron chi connectivity index (χ3n) is 3.58. The number of aliphatic hydroxyl groups is 1. The molecule has 2 rings (SSSR count). The summed E-state index contributed by atoms with van der Waals surface area (Å²) in [6, 6.07) is 6.15. The number of halogens is 1. The molecule has 0 heterocycles. The molecule has 94 valence electrons. The van der Waals surface area contributed by atoms with E-state index in [-0.39, 0.29) is 11.4 Å². The zero-order valence-electron chi connectivity index (χ0n) is 10.4. The van der Waals surface area contributed by atoms with Crippen LogP contribution in [0.25, 0.3) is 0 Å². The Morgan fingerprint density at radius 2 is 2.18 bits per heavy atom. The van der Waals surface area contributed by atoms with Gasteiger partial charge in [-0.1, -0.05) is 12.1 Å². The Morgan fingerprint density at radius 1 is 1.47 bits per heavy atom. The summed E-state index contributed by atoms with van der Waals surface area (Å²) in [4.78, 5) is 0. The molecule has 1 aliphatic rings. The second-order valence-corrected chi connectivity index (χ2v) is 5.45. The average molecular weight is 237 g/mol. The van der Waals surface area contributed by atoms with Crippen molar-refractivity contribution < 1.29 is 9.50 Å². The highest BCUT2D eigenvalue weighted by Gasteiger charge is 2.37. The van der Waals surface area contributed by atoms with Crippen LogP contribution in [-0.2, 0) is 0 Å². The van der Waals surface area contributed by atoms with Crippen LogP contribution in [-0.4, -0.2) is 17.2 Å². The average Bonchev–Trinajstić information content (AvgIpc) is 3.10. The van der Waals surface area contributed by atoms with E-state index in [1.807, 2.05) is 0 Å². The van der Waals surface area contributed by atoms with E-state index in [1.165, 1.54) is 25.0 Å². The van der Waals surface area contributed by atoms with E-state index in [0.29, 0.717) is 18.0 Å². The molecule has 0 saturated heterocycles. The summed E-state index contributed by atoms with van der Waals surface area (Å²) < 4.78 is 13.0. The predicted octanol–water partition coefficient (Wildman–Crippen LogP) is 2.64. The fourth-order valence-electron chi connectivity index (χ4n) is 2.14. The van der Waals surface area contributed by atoms with Crippen molar-refractivity contribution in [3.05, 3.63) is 35.6 Å². The Morgan fingerprint density at radius 3 is 2.76 bits per heavy atom. The lowest BCUT2D eigenvalue weighted by atomic mass is 9.98. The first-order chi connectivity index (χ1) is 7.99. The monoisotopic (exact) mass is 237 g/mol. The number of benzene rings is 1. The van der Waals surface area contributed by atoms with Gasteiger partial charge in [-0.3, -0.25) is 0 Å². The Balaban J connectivity index is 1.90. The van der Waals surface area contributed by atoms with Crippen LogP contribution in [0.1, 0.15) is 38.4 Å². The molecule has 0 aromatic heterocycles. The van der Waals surface area contributed by atoms with E-state index < -0.39 is 6.10 Å². The van der Waals surface area contributed by atoms with Crippen LogP contribution in [0, 0.1) is 11.7 Å². The minimum atomic E-state index is -0.649. The third-order valence-corrected chi connectivity index (χ3v) is 3.58. The summed E-state index contributed by atoms with van der Waals surface area (Å²) >= 11 is 0. The van der Waals surface area contributed by atoms with Gasteiger partial charge < -0.3 is 10.4 Å². The molecule has 17 heavy (non-hydrogen) atoms. The maximum atomic E-state index is 13.0. The molecule has 1 fully saturated rings. The molecule has 2 N–H and O–H groups in total. The molecule has 1 atom stereocenters. The lowest BCUT2D eigenvalue weighted by Crippen LogP contribution is -2.43. The van der Waals surface area contributed by atoms with Gasteiger partial charge in [0.15, 0.2) is 0 Å². The first kappa shape index (κ1) is 12.5. The van der Waals surface area contributed by atoms with Crippen LogP contribution in [0.15, 0.2) is 24.3 Å². The van der Waals surface area contributed by atoms with Gasteiger partial charge >= 0.3 is 0 Å². The highest BCUT2D eigenvalue weighted by molar-refractivity contribution is 5.19. The lowest BCUT2D eigenvalue weighted by Gasteiger charge is -2.27. The Kier molecular flexibility index (Phi) is 3.50. The number of aliphatic hydroxyl groups excluding tert-OH is 1. The first-order valence-electron chi connectivity index (χ1n) is 6.17. The van der Waals surface area contributed by atoms with E-state index in [1.54, 1.807) is 12.1 Å². The van der Waals surface area contributed by atoms with Gasteiger partial charge in [-0.05, 0) is 50.3 Å². The van der Waals surface area contributed by atoms with Crippen molar-refractivity contribution in [3.8, 4) is 0 Å². The minimum absolute atomic E-state index is 0.0638. The lowest BCUT2D eigenvalue weighted by molar-refractivity contribution is 0.156. The van der Waals surface area contributed by atoms with Crippen LogP contribution in [0.5, 0.6) is 0 Å². The van der Waals surface area contributed by atoms with Crippen molar-refractivity contribution in [2.45, 2.75) is 38.3 Å². The van der Waals surface area contributed by atoms with Gasteiger partial charge in [-0.2, -0.15) is 0 Å². The number of rotatable bonds is 5. The summed E-state index contributed by atoms with van der Waals surface area (Å²) in [5, 5.41) is 13.3. The smallest absolute Gasteiger partial charge is 0.123 e. The summed E-state index contributed by atoms with van der Waals surface area (Å²) in [6.07, 6.45) is 1.87. The Bertz CT molecular complexity index is 388. The summed E-state index contributed by atoms with van der Waals surface area (Å²) in [5.74, 6) is 0.408. The van der Waals surface area contributed by atoms with Gasteiger partial charge in [0.25, 0.3) is 0 Å². The largest absolute Gasteiger partial charge is 0.387 e. The Hall–Kier alpha value is -0.930. The summed E-state index contributed by atoms with van der Waals surface area (Å²) in [6.45, 7) is 4.78. The summed E-state index contributed by atoms with van der Waals surface area (Å²) in [5.41, 5.74) is 0.693. The molecular formula is C14H20FNO. The van der Waals surface area contributed by atoms with E-state index in [4.69, 9.17) is 0 Å². The van der Waals surface area contributed by atoms with Gasteiger partial charge in [0.2, 0.25) is 0 Å². The highest BCUT2D eigenvalue weighted by Crippen LogP contribution is 2.39. The minimum Gasteiger partial charge on any atom is -0.387 e. The predicted molar refractivity (Wildman–Crippen MR) is 66.2 cm³/mol. The van der Waals surface area contributed by atoms with Crippen molar-refractivity contribution in [1.29, 1.82) is 0 Å². The number of β-amino-alcohol motifs (C(OH)–C–C–N with tert-alkyl or cyclic N) is 1. The van der Waals surface area contributed by atoms with Gasteiger partial charge in [-0.25, -0.2) is 4.39 Å². The number of hydrogen-bond donors (Lipinski definition) is 2. The quantitative estimate of drug-likeness (QED) is 0.825. The van der Waals surface area contributed by atoms with Crippen molar-refractivity contribution in [2.24, 2.45) is 5.92 Å². The van der Waals surface area contributed by atoms with E-state index in [9.17, 15) is 9.50 Å². The highest BCUT2D eigenvalue weighted by atomic mass is 19.1. The van der Waals surface area contributed by atoms with Crippen LogP contribution in [0.4, 0.5) is 4.39 Å². The zero-order valence-corrected chi connectivity index (χ0v) is 10.4. The van der Waals surface area contributed by atoms with Gasteiger partial charge in [0.05, 0.1) is 6.10 Å². The van der Waals surface area contributed by atoms with E-state index >= 15 is 0 Å². The molecule has 1 aromatic rings. The van der Waals surface area contributed by atoms with Gasteiger partial charge in [-0.15, -0.1) is 0 Å². The van der Waals surface area contributed by atoms with Gasteiger partial charge in [0, 0.05) is 12.1 Å². The van der Waals surface area contributed by atoms with Gasteiger partial charge in [0.1, 0.15) is 5.82 Å². The first-order valence-corrected chi connectivity index (χ1v) is 6.17. The van der Waals surface area contributed by atoms with Crippen LogP contribution in [0.3, 0.4) is 0 Å². The second kappa shape index (κ2) is 4.75. The fraction of sp³-hybridized carbons (Fsp3) is 0.571. The van der Waals surface area contributed by atoms with Crippen molar-refractivity contribution in [1.82, 2.24) is 5.32 Å². The molecule has 2 nitrogen and oxygen atoms in total.